The zero-order valence-corrected chi connectivity index (χ0v) is 16.6. The van der Waals surface area contributed by atoms with Crippen molar-refractivity contribution in [3.8, 4) is 0 Å². The molecule has 3 aliphatic rings. The fourth-order valence-electron chi connectivity index (χ4n) is 4.98. The highest BCUT2D eigenvalue weighted by Gasteiger charge is 2.30. The lowest BCUT2D eigenvalue weighted by Gasteiger charge is -2.35. The summed E-state index contributed by atoms with van der Waals surface area (Å²) in [6.07, 6.45) is 11.3. The van der Waals surface area contributed by atoms with Crippen LogP contribution in [0.5, 0.6) is 0 Å². The second kappa shape index (κ2) is 10.3. The van der Waals surface area contributed by atoms with Crippen LogP contribution < -0.4 is 16.0 Å². The van der Waals surface area contributed by atoms with Gasteiger partial charge in [0.25, 0.3) is 0 Å². The number of carbonyl (C=O) groups is 1. The SMILES string of the molecule is O=C(NC1CCC(CC2CCCC(Cl)C2)CN1)C1CCC(CCO)NC1. The van der Waals surface area contributed by atoms with Gasteiger partial charge in [-0.2, -0.15) is 0 Å². The molecule has 3 fully saturated rings. The van der Waals surface area contributed by atoms with Crippen LogP contribution in [0.3, 0.4) is 0 Å². The van der Waals surface area contributed by atoms with Crippen molar-refractivity contribution in [2.24, 2.45) is 17.8 Å². The molecule has 0 aromatic carbocycles. The molecule has 2 aliphatic heterocycles. The van der Waals surface area contributed by atoms with Gasteiger partial charge in [0.15, 0.2) is 0 Å². The maximum Gasteiger partial charge on any atom is 0.225 e. The van der Waals surface area contributed by atoms with Crippen LogP contribution in [0.4, 0.5) is 0 Å². The number of aliphatic hydroxyl groups is 1. The lowest BCUT2D eigenvalue weighted by atomic mass is 9.80. The van der Waals surface area contributed by atoms with Crippen molar-refractivity contribution >= 4 is 17.5 Å². The number of aliphatic hydroxyl groups excluding tert-OH is 1. The third kappa shape index (κ3) is 6.08. The molecular weight excluding hydrogens is 350 g/mol. The Balaban J connectivity index is 1.33. The van der Waals surface area contributed by atoms with Gasteiger partial charge in [-0.15, -0.1) is 11.6 Å². The fourth-order valence-corrected chi connectivity index (χ4v) is 5.39. The summed E-state index contributed by atoms with van der Waals surface area (Å²) in [5.41, 5.74) is 0. The van der Waals surface area contributed by atoms with Gasteiger partial charge >= 0.3 is 0 Å². The molecule has 0 bridgehead atoms. The van der Waals surface area contributed by atoms with E-state index in [9.17, 15) is 4.79 Å². The Morgan fingerprint density at radius 3 is 2.58 bits per heavy atom. The maximum atomic E-state index is 12.5. The fraction of sp³-hybridized carbons (Fsp3) is 0.950. The van der Waals surface area contributed by atoms with E-state index in [0.717, 1.165) is 50.6 Å². The van der Waals surface area contributed by atoms with Crippen molar-refractivity contribution in [2.45, 2.75) is 81.8 Å². The van der Waals surface area contributed by atoms with Gasteiger partial charge < -0.3 is 15.7 Å². The van der Waals surface area contributed by atoms with E-state index in [4.69, 9.17) is 16.7 Å². The molecule has 1 amide bonds. The van der Waals surface area contributed by atoms with Crippen LogP contribution in [-0.2, 0) is 4.79 Å². The second-order valence-electron chi connectivity index (χ2n) is 8.67. The molecule has 6 heteroatoms. The lowest BCUT2D eigenvalue weighted by molar-refractivity contribution is -0.126. The van der Waals surface area contributed by atoms with E-state index in [2.05, 4.69) is 16.0 Å². The van der Waals surface area contributed by atoms with Crippen LogP contribution >= 0.6 is 11.6 Å². The van der Waals surface area contributed by atoms with Crippen molar-refractivity contribution in [1.82, 2.24) is 16.0 Å². The number of nitrogens with one attached hydrogen (secondary N) is 3. The Kier molecular flexibility index (Phi) is 8.04. The van der Waals surface area contributed by atoms with E-state index in [-0.39, 0.29) is 24.6 Å². The molecule has 0 aromatic heterocycles. The first-order valence-electron chi connectivity index (χ1n) is 10.7. The number of piperidine rings is 2. The normalized spacial score (nSPS) is 38.7. The summed E-state index contributed by atoms with van der Waals surface area (Å²) in [7, 11) is 0. The van der Waals surface area contributed by atoms with Crippen LogP contribution in [-0.4, -0.2) is 48.3 Å². The lowest BCUT2D eigenvalue weighted by Crippen LogP contribution is -2.54. The van der Waals surface area contributed by atoms with Crippen molar-refractivity contribution in [2.75, 3.05) is 19.7 Å². The van der Waals surface area contributed by atoms with Crippen LogP contribution in [0.1, 0.15) is 64.2 Å². The summed E-state index contributed by atoms with van der Waals surface area (Å²) < 4.78 is 0. The van der Waals surface area contributed by atoms with E-state index in [1.165, 1.54) is 38.5 Å². The van der Waals surface area contributed by atoms with Crippen molar-refractivity contribution in [3.63, 3.8) is 0 Å². The van der Waals surface area contributed by atoms with Gasteiger partial charge in [0.1, 0.15) is 0 Å². The number of rotatable bonds is 6. The third-order valence-corrected chi connectivity index (χ3v) is 6.98. The van der Waals surface area contributed by atoms with Gasteiger partial charge in [0.2, 0.25) is 5.91 Å². The molecule has 3 rings (SSSR count). The highest BCUT2D eigenvalue weighted by molar-refractivity contribution is 6.20. The molecule has 2 saturated heterocycles. The van der Waals surface area contributed by atoms with Crippen molar-refractivity contribution in [3.05, 3.63) is 0 Å². The Morgan fingerprint density at radius 1 is 1.04 bits per heavy atom. The molecule has 4 N–H and O–H groups in total. The van der Waals surface area contributed by atoms with E-state index in [1.54, 1.807) is 0 Å². The molecular formula is C20H36ClN3O2. The highest BCUT2D eigenvalue weighted by atomic mass is 35.5. The summed E-state index contributed by atoms with van der Waals surface area (Å²) in [5.74, 6) is 1.76. The number of carbonyl (C=O) groups excluding carboxylic acids is 1. The summed E-state index contributed by atoms with van der Waals surface area (Å²) in [5, 5.41) is 19.6. The molecule has 150 valence electrons. The van der Waals surface area contributed by atoms with Crippen LogP contribution in [0.25, 0.3) is 0 Å². The van der Waals surface area contributed by atoms with Crippen molar-refractivity contribution in [1.29, 1.82) is 0 Å². The van der Waals surface area contributed by atoms with Gasteiger partial charge in [-0.05, 0) is 69.7 Å². The number of alkyl halides is 1. The molecule has 0 radical (unpaired) electrons. The van der Waals surface area contributed by atoms with E-state index in [0.29, 0.717) is 11.4 Å². The minimum absolute atomic E-state index is 0.0624. The van der Waals surface area contributed by atoms with Gasteiger partial charge in [-0.1, -0.05) is 12.8 Å². The molecule has 0 aromatic rings. The first-order chi connectivity index (χ1) is 12.6. The van der Waals surface area contributed by atoms with Crippen LogP contribution in [0.15, 0.2) is 0 Å². The average molecular weight is 386 g/mol. The smallest absolute Gasteiger partial charge is 0.225 e. The number of hydrogen-bond acceptors (Lipinski definition) is 4. The maximum absolute atomic E-state index is 12.5. The van der Waals surface area contributed by atoms with Crippen LogP contribution in [0.2, 0.25) is 0 Å². The van der Waals surface area contributed by atoms with Crippen molar-refractivity contribution < 1.29 is 9.90 Å². The summed E-state index contributed by atoms with van der Waals surface area (Å²) in [6.45, 7) is 1.96. The molecule has 0 spiro atoms. The van der Waals surface area contributed by atoms with Gasteiger partial charge in [0.05, 0.1) is 12.1 Å². The van der Waals surface area contributed by atoms with Gasteiger partial charge in [0, 0.05) is 24.6 Å². The molecule has 1 saturated carbocycles. The number of halogens is 1. The standard InChI is InChI=1S/C20H36ClN3O2/c21-17-3-1-2-14(11-17)10-15-4-7-19(23-12-15)24-20(26)16-5-6-18(8-9-25)22-13-16/h14-19,22-23,25H,1-13H2,(H,24,26). The molecule has 5 nitrogen and oxygen atoms in total. The summed E-state index contributed by atoms with van der Waals surface area (Å²) in [6, 6.07) is 0.366. The topological polar surface area (TPSA) is 73.4 Å². The molecule has 6 atom stereocenters. The molecule has 6 unspecified atom stereocenters. The average Bonchev–Trinajstić information content (AvgIpc) is 2.64. The summed E-state index contributed by atoms with van der Waals surface area (Å²) >= 11 is 6.33. The minimum Gasteiger partial charge on any atom is -0.396 e. The zero-order chi connectivity index (χ0) is 18.4. The highest BCUT2D eigenvalue weighted by Crippen LogP contribution is 2.33. The first kappa shape index (κ1) is 20.4. The third-order valence-electron chi connectivity index (χ3n) is 6.58. The zero-order valence-electron chi connectivity index (χ0n) is 15.9. The number of hydrogen-bond donors (Lipinski definition) is 4. The van der Waals surface area contributed by atoms with Gasteiger partial charge in [-0.25, -0.2) is 0 Å². The first-order valence-corrected chi connectivity index (χ1v) is 11.1. The largest absolute Gasteiger partial charge is 0.396 e. The van der Waals surface area contributed by atoms with Gasteiger partial charge in [-0.3, -0.25) is 10.1 Å². The van der Waals surface area contributed by atoms with E-state index < -0.39 is 0 Å². The summed E-state index contributed by atoms with van der Waals surface area (Å²) in [4.78, 5) is 12.5. The Morgan fingerprint density at radius 2 is 1.92 bits per heavy atom. The predicted molar refractivity (Wildman–Crippen MR) is 105 cm³/mol. The van der Waals surface area contributed by atoms with E-state index >= 15 is 0 Å². The molecule has 2 heterocycles. The van der Waals surface area contributed by atoms with E-state index in [1.807, 2.05) is 0 Å². The predicted octanol–water partition coefficient (Wildman–Crippen LogP) is 2.37. The van der Waals surface area contributed by atoms with Crippen LogP contribution in [0, 0.1) is 17.8 Å². The molecule has 1 aliphatic carbocycles. The Hall–Kier alpha value is -0.360. The quantitative estimate of drug-likeness (QED) is 0.529. The minimum atomic E-state index is 0.0624. The Bertz CT molecular complexity index is 435. The number of amides is 1. The second-order valence-corrected chi connectivity index (χ2v) is 9.29. The molecule has 26 heavy (non-hydrogen) atoms. The monoisotopic (exact) mass is 385 g/mol. The Labute approximate surface area is 163 Å².